The van der Waals surface area contributed by atoms with E-state index in [0.29, 0.717) is 25.1 Å². The Labute approximate surface area is 199 Å². The molecule has 0 bridgehead atoms. The summed E-state index contributed by atoms with van der Waals surface area (Å²) in [6.07, 6.45) is 8.34. The molecule has 174 valence electrons. The summed E-state index contributed by atoms with van der Waals surface area (Å²) in [6, 6.07) is 12.1. The third-order valence-corrected chi connectivity index (χ3v) is 6.94. The second-order valence-corrected chi connectivity index (χ2v) is 9.49. The maximum atomic E-state index is 12.5. The van der Waals surface area contributed by atoms with Crippen LogP contribution >= 0.6 is 11.8 Å². The number of hydrogen-bond acceptors (Lipinski definition) is 6. The number of nitrogens with zero attached hydrogens (tertiary/aromatic N) is 4. The van der Waals surface area contributed by atoms with E-state index in [9.17, 15) is 4.79 Å². The molecular formula is C25H31N5O2S. The summed E-state index contributed by atoms with van der Waals surface area (Å²) in [7, 11) is 0. The molecule has 7 nitrogen and oxygen atoms in total. The van der Waals surface area contributed by atoms with Gasteiger partial charge >= 0.3 is 0 Å². The number of carbonyl (C=O) groups excluding carboxylic acids is 1. The van der Waals surface area contributed by atoms with E-state index >= 15 is 0 Å². The highest BCUT2D eigenvalue weighted by atomic mass is 32.2. The van der Waals surface area contributed by atoms with Gasteiger partial charge in [0.15, 0.2) is 11.0 Å². The lowest BCUT2D eigenvalue weighted by Gasteiger charge is -2.31. The first-order chi connectivity index (χ1) is 16.1. The van der Waals surface area contributed by atoms with Crippen LogP contribution in [0.25, 0.3) is 11.4 Å². The standard InChI is InChI=1S/C25H31N5O2S/c1-18-7-5-10-21(15-18)32-14-13-27-23(31)17-33-25-29-28-24(20-9-6-12-26-16-20)30(25)22-11-4-3-8-19(22)2/h5-7,9-10,12,15-16,19,22H,3-4,8,11,13-14,17H2,1-2H3,(H,27,31). The highest BCUT2D eigenvalue weighted by molar-refractivity contribution is 7.99. The zero-order chi connectivity index (χ0) is 23.0. The van der Waals surface area contributed by atoms with Crippen molar-refractivity contribution in [1.29, 1.82) is 0 Å². The smallest absolute Gasteiger partial charge is 0.230 e. The van der Waals surface area contributed by atoms with E-state index in [4.69, 9.17) is 4.74 Å². The molecule has 1 aliphatic rings. The molecule has 1 saturated carbocycles. The Bertz CT molecular complexity index is 1060. The Hall–Kier alpha value is -2.87. The van der Waals surface area contributed by atoms with Gasteiger partial charge < -0.3 is 10.1 Å². The molecule has 2 atom stereocenters. The second kappa shape index (κ2) is 11.3. The number of thioether (sulfide) groups is 1. The van der Waals surface area contributed by atoms with Gasteiger partial charge in [0.25, 0.3) is 0 Å². The van der Waals surface area contributed by atoms with Gasteiger partial charge in [-0.15, -0.1) is 10.2 Å². The molecule has 0 spiro atoms. The number of aromatic nitrogens is 4. The van der Waals surface area contributed by atoms with Crippen LogP contribution in [0.15, 0.2) is 53.9 Å². The fourth-order valence-electron chi connectivity index (χ4n) is 4.29. The molecule has 1 N–H and O–H groups in total. The summed E-state index contributed by atoms with van der Waals surface area (Å²) in [5, 5.41) is 12.7. The van der Waals surface area contributed by atoms with Crippen LogP contribution in [-0.4, -0.2) is 44.6 Å². The van der Waals surface area contributed by atoms with Crippen LogP contribution in [0, 0.1) is 12.8 Å². The first kappa shape index (κ1) is 23.3. The minimum Gasteiger partial charge on any atom is -0.492 e. The monoisotopic (exact) mass is 465 g/mol. The number of nitrogens with one attached hydrogen (secondary N) is 1. The second-order valence-electron chi connectivity index (χ2n) is 8.55. The van der Waals surface area contributed by atoms with Gasteiger partial charge in [-0.25, -0.2) is 0 Å². The molecule has 0 aliphatic heterocycles. The number of carbonyl (C=O) groups is 1. The third kappa shape index (κ3) is 6.13. The van der Waals surface area contributed by atoms with Gasteiger partial charge in [-0.3, -0.25) is 14.3 Å². The average Bonchev–Trinajstić information content (AvgIpc) is 3.25. The van der Waals surface area contributed by atoms with Gasteiger partial charge in [-0.05, 0) is 55.5 Å². The van der Waals surface area contributed by atoms with E-state index in [-0.39, 0.29) is 11.7 Å². The predicted octanol–water partition coefficient (Wildman–Crippen LogP) is 4.69. The predicted molar refractivity (Wildman–Crippen MR) is 130 cm³/mol. The lowest BCUT2D eigenvalue weighted by atomic mass is 9.85. The molecule has 3 aromatic rings. The molecule has 33 heavy (non-hydrogen) atoms. The first-order valence-corrected chi connectivity index (χ1v) is 12.5. The molecule has 4 rings (SSSR count). The summed E-state index contributed by atoms with van der Waals surface area (Å²) < 4.78 is 7.94. The van der Waals surface area contributed by atoms with Crippen molar-refractivity contribution in [2.24, 2.45) is 5.92 Å². The van der Waals surface area contributed by atoms with Crippen molar-refractivity contribution < 1.29 is 9.53 Å². The summed E-state index contributed by atoms with van der Waals surface area (Å²) in [6.45, 7) is 5.21. The van der Waals surface area contributed by atoms with Crippen molar-refractivity contribution >= 4 is 17.7 Å². The Kier molecular flexibility index (Phi) is 7.99. The van der Waals surface area contributed by atoms with E-state index in [2.05, 4.69) is 32.0 Å². The molecule has 2 unspecified atom stereocenters. The van der Waals surface area contributed by atoms with Gasteiger partial charge in [-0.2, -0.15) is 0 Å². The molecule has 2 aromatic heterocycles. The van der Waals surface area contributed by atoms with Crippen LogP contribution in [0.4, 0.5) is 0 Å². The van der Waals surface area contributed by atoms with Crippen molar-refractivity contribution in [2.75, 3.05) is 18.9 Å². The minimum atomic E-state index is -0.0398. The lowest BCUT2D eigenvalue weighted by Crippen LogP contribution is -2.29. The largest absolute Gasteiger partial charge is 0.492 e. The summed E-state index contributed by atoms with van der Waals surface area (Å²) in [4.78, 5) is 16.7. The molecule has 8 heteroatoms. The van der Waals surface area contributed by atoms with Crippen molar-refractivity contribution in [3.63, 3.8) is 0 Å². The highest BCUT2D eigenvalue weighted by Crippen LogP contribution is 2.38. The van der Waals surface area contributed by atoms with Gasteiger partial charge in [0.2, 0.25) is 5.91 Å². The van der Waals surface area contributed by atoms with Crippen LogP contribution in [0.1, 0.15) is 44.2 Å². The van der Waals surface area contributed by atoms with Gasteiger partial charge in [0.05, 0.1) is 12.3 Å². The van der Waals surface area contributed by atoms with E-state index in [1.54, 1.807) is 6.20 Å². The van der Waals surface area contributed by atoms with Crippen LogP contribution in [0.5, 0.6) is 5.75 Å². The molecule has 2 heterocycles. The maximum Gasteiger partial charge on any atom is 0.230 e. The minimum absolute atomic E-state index is 0.0398. The Balaban J connectivity index is 1.37. The van der Waals surface area contributed by atoms with Crippen molar-refractivity contribution in [2.45, 2.75) is 50.7 Å². The summed E-state index contributed by atoms with van der Waals surface area (Å²) in [5.74, 6) is 2.43. The number of benzene rings is 1. The zero-order valence-electron chi connectivity index (χ0n) is 19.2. The fourth-order valence-corrected chi connectivity index (χ4v) is 5.11. The first-order valence-electron chi connectivity index (χ1n) is 11.6. The molecule has 0 saturated heterocycles. The number of hydrogen-bond donors (Lipinski definition) is 1. The number of aryl methyl sites for hydroxylation is 1. The highest BCUT2D eigenvalue weighted by Gasteiger charge is 2.29. The summed E-state index contributed by atoms with van der Waals surface area (Å²) >= 11 is 1.44. The van der Waals surface area contributed by atoms with E-state index < -0.39 is 0 Å². The number of rotatable bonds is 9. The summed E-state index contributed by atoms with van der Waals surface area (Å²) in [5.41, 5.74) is 2.10. The van der Waals surface area contributed by atoms with Gasteiger partial charge in [0.1, 0.15) is 12.4 Å². The topological polar surface area (TPSA) is 81.9 Å². The van der Waals surface area contributed by atoms with Crippen molar-refractivity contribution in [1.82, 2.24) is 25.1 Å². The van der Waals surface area contributed by atoms with Crippen molar-refractivity contribution in [3.05, 3.63) is 54.4 Å². The Morgan fingerprint density at radius 3 is 2.88 bits per heavy atom. The normalized spacial score (nSPS) is 18.1. The Morgan fingerprint density at radius 2 is 2.09 bits per heavy atom. The average molecular weight is 466 g/mol. The van der Waals surface area contributed by atoms with Crippen LogP contribution < -0.4 is 10.1 Å². The molecule has 1 fully saturated rings. The van der Waals surface area contributed by atoms with E-state index in [1.165, 1.54) is 31.0 Å². The van der Waals surface area contributed by atoms with E-state index in [0.717, 1.165) is 34.3 Å². The van der Waals surface area contributed by atoms with Gasteiger partial charge in [-0.1, -0.05) is 43.7 Å². The SMILES string of the molecule is Cc1cccc(OCCNC(=O)CSc2nnc(-c3cccnc3)n2C2CCCCC2C)c1. The third-order valence-electron chi connectivity index (χ3n) is 6.00. The maximum absolute atomic E-state index is 12.5. The molecular weight excluding hydrogens is 434 g/mol. The lowest BCUT2D eigenvalue weighted by molar-refractivity contribution is -0.118. The van der Waals surface area contributed by atoms with Crippen LogP contribution in [-0.2, 0) is 4.79 Å². The fraction of sp³-hybridized carbons (Fsp3) is 0.440. The number of ether oxygens (including phenoxy) is 1. The van der Waals surface area contributed by atoms with Crippen LogP contribution in [0.3, 0.4) is 0 Å². The number of pyridine rings is 1. The molecule has 0 radical (unpaired) electrons. The van der Waals surface area contributed by atoms with Crippen molar-refractivity contribution in [3.8, 4) is 17.1 Å². The van der Waals surface area contributed by atoms with E-state index in [1.807, 2.05) is 49.5 Å². The molecule has 1 aromatic carbocycles. The van der Waals surface area contributed by atoms with Crippen LogP contribution in [0.2, 0.25) is 0 Å². The molecule has 1 aliphatic carbocycles. The molecule has 1 amide bonds. The number of amides is 1. The van der Waals surface area contributed by atoms with Gasteiger partial charge in [0, 0.05) is 24.0 Å². The quantitative estimate of drug-likeness (QED) is 0.365. The zero-order valence-corrected chi connectivity index (χ0v) is 20.1. The Morgan fingerprint density at radius 1 is 1.21 bits per heavy atom.